The van der Waals surface area contributed by atoms with Crippen LogP contribution in [0.15, 0.2) is 42.6 Å². The van der Waals surface area contributed by atoms with Gasteiger partial charge in [0.15, 0.2) is 5.65 Å². The molecule has 2 aromatic heterocycles. The fourth-order valence-corrected chi connectivity index (χ4v) is 4.27. The van der Waals surface area contributed by atoms with Crippen LogP contribution in [0.5, 0.6) is 5.75 Å². The van der Waals surface area contributed by atoms with Gasteiger partial charge in [-0.2, -0.15) is 11.8 Å². The second kappa shape index (κ2) is 5.65. The molecule has 3 aromatic rings. The summed E-state index contributed by atoms with van der Waals surface area (Å²) >= 11 is 1.97. The van der Waals surface area contributed by atoms with E-state index in [1.54, 1.807) is 18.3 Å². The molecule has 112 valence electrons. The molecular formula is C17H17N3OS. The molecule has 1 aromatic carbocycles. The molecule has 0 spiro atoms. The summed E-state index contributed by atoms with van der Waals surface area (Å²) in [5.74, 6) is 2.49. The zero-order valence-corrected chi connectivity index (χ0v) is 13.0. The van der Waals surface area contributed by atoms with Gasteiger partial charge in [-0.1, -0.05) is 12.5 Å². The monoisotopic (exact) mass is 311 g/mol. The lowest BCUT2D eigenvalue weighted by Crippen LogP contribution is -2.09. The summed E-state index contributed by atoms with van der Waals surface area (Å²) < 4.78 is 2.10. The molecule has 1 saturated heterocycles. The SMILES string of the molecule is Oc1cccc(-n2c(C3CCCCS3)nc3cccnc32)c1. The first-order chi connectivity index (χ1) is 10.8. The molecule has 0 aliphatic carbocycles. The third-order valence-electron chi connectivity index (χ3n) is 4.00. The first-order valence-electron chi connectivity index (χ1n) is 7.57. The Balaban J connectivity index is 1.93. The predicted molar refractivity (Wildman–Crippen MR) is 89.6 cm³/mol. The number of hydrogen-bond donors (Lipinski definition) is 1. The van der Waals surface area contributed by atoms with E-state index in [1.807, 2.05) is 36.0 Å². The van der Waals surface area contributed by atoms with Crippen molar-refractivity contribution in [1.29, 1.82) is 0 Å². The third kappa shape index (κ3) is 2.35. The lowest BCUT2D eigenvalue weighted by molar-refractivity contribution is 0.475. The molecule has 1 fully saturated rings. The van der Waals surface area contributed by atoms with Gasteiger partial charge in [-0.15, -0.1) is 0 Å². The standard InChI is InChI=1S/C17H17N3OS/c21-13-6-3-5-12(11-13)20-16-14(7-4-9-18-16)19-17(20)15-8-1-2-10-22-15/h3-7,9,11,15,21H,1-2,8,10H2. The predicted octanol–water partition coefficient (Wildman–Crippen LogP) is 4.08. The van der Waals surface area contributed by atoms with Crippen molar-refractivity contribution < 1.29 is 5.11 Å². The molecule has 1 aliphatic rings. The molecule has 1 unspecified atom stereocenters. The van der Waals surface area contributed by atoms with Crippen molar-refractivity contribution in [2.45, 2.75) is 24.5 Å². The van der Waals surface area contributed by atoms with Gasteiger partial charge >= 0.3 is 0 Å². The van der Waals surface area contributed by atoms with Crippen LogP contribution in [0.25, 0.3) is 16.9 Å². The summed E-state index contributed by atoms with van der Waals surface area (Å²) in [7, 11) is 0. The van der Waals surface area contributed by atoms with Crippen LogP contribution in [0.3, 0.4) is 0 Å². The molecule has 1 atom stereocenters. The first kappa shape index (κ1) is 13.6. The molecule has 5 heteroatoms. The quantitative estimate of drug-likeness (QED) is 0.774. The largest absolute Gasteiger partial charge is 0.508 e. The minimum absolute atomic E-state index is 0.262. The van der Waals surface area contributed by atoms with Gasteiger partial charge in [-0.25, -0.2) is 9.97 Å². The fraction of sp³-hybridized carbons (Fsp3) is 0.294. The van der Waals surface area contributed by atoms with Crippen LogP contribution in [0.2, 0.25) is 0 Å². The highest BCUT2D eigenvalue weighted by Gasteiger charge is 2.24. The average Bonchev–Trinajstić information content (AvgIpc) is 2.95. The van der Waals surface area contributed by atoms with Crippen molar-refractivity contribution in [3.8, 4) is 11.4 Å². The number of benzene rings is 1. The molecule has 4 rings (SSSR count). The number of thioether (sulfide) groups is 1. The van der Waals surface area contributed by atoms with Crippen molar-refractivity contribution in [3.63, 3.8) is 0 Å². The number of hydrogen-bond acceptors (Lipinski definition) is 4. The average molecular weight is 311 g/mol. The molecule has 0 bridgehead atoms. The highest BCUT2D eigenvalue weighted by atomic mass is 32.2. The van der Waals surface area contributed by atoms with Crippen LogP contribution in [0.4, 0.5) is 0 Å². The van der Waals surface area contributed by atoms with Gasteiger partial charge in [0.25, 0.3) is 0 Å². The van der Waals surface area contributed by atoms with Gasteiger partial charge in [0, 0.05) is 12.3 Å². The van der Waals surface area contributed by atoms with E-state index in [0.717, 1.165) is 29.1 Å². The number of aromatic hydroxyl groups is 1. The Morgan fingerprint density at radius 3 is 2.95 bits per heavy atom. The zero-order chi connectivity index (χ0) is 14.9. The Bertz CT molecular complexity index is 809. The number of pyridine rings is 1. The molecule has 1 N–H and O–H groups in total. The first-order valence-corrected chi connectivity index (χ1v) is 8.62. The number of rotatable bonds is 2. The lowest BCUT2D eigenvalue weighted by Gasteiger charge is -2.21. The topological polar surface area (TPSA) is 50.9 Å². The molecule has 0 saturated carbocycles. The maximum atomic E-state index is 9.83. The van der Waals surface area contributed by atoms with E-state index in [0.29, 0.717) is 5.25 Å². The summed E-state index contributed by atoms with van der Waals surface area (Å²) in [4.78, 5) is 9.35. The van der Waals surface area contributed by atoms with Crippen LogP contribution in [-0.4, -0.2) is 25.4 Å². The van der Waals surface area contributed by atoms with Crippen LogP contribution >= 0.6 is 11.8 Å². The number of nitrogens with zero attached hydrogens (tertiary/aromatic N) is 3. The summed E-state index contributed by atoms with van der Waals surface area (Å²) in [5.41, 5.74) is 2.68. The van der Waals surface area contributed by atoms with E-state index in [1.165, 1.54) is 18.6 Å². The Labute approximate surface area is 133 Å². The van der Waals surface area contributed by atoms with E-state index in [4.69, 9.17) is 4.98 Å². The number of aromatic nitrogens is 3. The van der Waals surface area contributed by atoms with Crippen LogP contribution in [0, 0.1) is 0 Å². The minimum atomic E-state index is 0.262. The van der Waals surface area contributed by atoms with Crippen molar-refractivity contribution >= 4 is 22.9 Å². The number of phenolic OH excluding ortho intramolecular Hbond substituents is 1. The maximum Gasteiger partial charge on any atom is 0.164 e. The fourth-order valence-electron chi connectivity index (χ4n) is 2.98. The smallest absolute Gasteiger partial charge is 0.164 e. The molecule has 1 aliphatic heterocycles. The Kier molecular flexibility index (Phi) is 3.50. The van der Waals surface area contributed by atoms with E-state index in [-0.39, 0.29) is 5.75 Å². The molecule has 22 heavy (non-hydrogen) atoms. The molecule has 0 radical (unpaired) electrons. The number of imidazole rings is 1. The van der Waals surface area contributed by atoms with Gasteiger partial charge < -0.3 is 5.11 Å². The van der Waals surface area contributed by atoms with Crippen molar-refractivity contribution in [2.75, 3.05) is 5.75 Å². The molecular weight excluding hydrogens is 294 g/mol. The van der Waals surface area contributed by atoms with E-state index < -0.39 is 0 Å². The van der Waals surface area contributed by atoms with Crippen LogP contribution in [-0.2, 0) is 0 Å². The minimum Gasteiger partial charge on any atom is -0.508 e. The van der Waals surface area contributed by atoms with E-state index >= 15 is 0 Å². The summed E-state index contributed by atoms with van der Waals surface area (Å²) in [5, 5.41) is 10.2. The normalized spacial score (nSPS) is 18.6. The maximum absolute atomic E-state index is 9.83. The molecule has 4 nitrogen and oxygen atoms in total. The highest BCUT2D eigenvalue weighted by Crippen LogP contribution is 2.39. The van der Waals surface area contributed by atoms with Gasteiger partial charge in [0.1, 0.15) is 17.1 Å². The number of phenols is 1. The van der Waals surface area contributed by atoms with E-state index in [9.17, 15) is 5.11 Å². The Hall–Kier alpha value is -2.01. The Morgan fingerprint density at radius 1 is 1.18 bits per heavy atom. The van der Waals surface area contributed by atoms with Gasteiger partial charge in [-0.3, -0.25) is 4.57 Å². The molecule has 0 amide bonds. The summed E-state index contributed by atoms with van der Waals surface area (Å²) in [6, 6.07) is 11.2. The van der Waals surface area contributed by atoms with Gasteiger partial charge in [0.2, 0.25) is 0 Å². The van der Waals surface area contributed by atoms with Gasteiger partial charge in [-0.05, 0) is 42.9 Å². The molecule has 3 heterocycles. The Morgan fingerprint density at radius 2 is 2.14 bits per heavy atom. The third-order valence-corrected chi connectivity index (χ3v) is 5.37. The lowest BCUT2D eigenvalue weighted by atomic mass is 10.2. The number of fused-ring (bicyclic) bond motifs is 1. The second-order valence-electron chi connectivity index (χ2n) is 5.53. The highest BCUT2D eigenvalue weighted by molar-refractivity contribution is 7.99. The van der Waals surface area contributed by atoms with Gasteiger partial charge in [0.05, 0.1) is 10.9 Å². The van der Waals surface area contributed by atoms with Crippen molar-refractivity contribution in [2.24, 2.45) is 0 Å². The summed E-state index contributed by atoms with van der Waals surface area (Å²) in [6.07, 6.45) is 5.47. The second-order valence-corrected chi connectivity index (χ2v) is 6.84. The summed E-state index contributed by atoms with van der Waals surface area (Å²) in [6.45, 7) is 0. The zero-order valence-electron chi connectivity index (χ0n) is 12.1. The van der Waals surface area contributed by atoms with Crippen LogP contribution in [0.1, 0.15) is 30.3 Å². The van der Waals surface area contributed by atoms with Crippen molar-refractivity contribution in [3.05, 3.63) is 48.4 Å². The van der Waals surface area contributed by atoms with E-state index in [2.05, 4.69) is 9.55 Å². The van der Waals surface area contributed by atoms with Crippen LogP contribution < -0.4 is 0 Å². The van der Waals surface area contributed by atoms with Crippen molar-refractivity contribution in [1.82, 2.24) is 14.5 Å².